The normalized spacial score (nSPS) is 15.2. The number of amides is 2. The number of ether oxygens (including phenoxy) is 2. The van der Waals surface area contributed by atoms with Crippen LogP contribution in [0.4, 0.5) is 14.9 Å². The number of nitrogens with zero attached hydrogens (tertiary/aromatic N) is 1. The van der Waals surface area contributed by atoms with Crippen molar-refractivity contribution in [3.8, 4) is 11.5 Å². The zero-order valence-corrected chi connectivity index (χ0v) is 19.4. The van der Waals surface area contributed by atoms with Gasteiger partial charge in [0.1, 0.15) is 17.3 Å². The Bertz CT molecular complexity index is 1370. The van der Waals surface area contributed by atoms with E-state index in [1.54, 1.807) is 29.2 Å². The van der Waals surface area contributed by atoms with Crippen molar-refractivity contribution in [3.63, 3.8) is 0 Å². The number of nitrogens with one attached hydrogen (secondary N) is 2. The summed E-state index contributed by atoms with van der Waals surface area (Å²) < 4.78 is 24.4. The molecule has 0 aliphatic carbocycles. The summed E-state index contributed by atoms with van der Waals surface area (Å²) in [5, 5.41) is 4.42. The molecule has 4 aromatic rings. The molecule has 0 bridgehead atoms. The molecule has 0 radical (unpaired) electrons. The molecule has 0 spiro atoms. The van der Waals surface area contributed by atoms with Gasteiger partial charge in [-0.3, -0.25) is 0 Å². The molecule has 174 valence electrons. The first-order valence-corrected chi connectivity index (χ1v) is 11.2. The first-order chi connectivity index (χ1) is 16.5. The summed E-state index contributed by atoms with van der Waals surface area (Å²) in [4.78, 5) is 18.8. The standard InChI is InChI=1S/C26H23ClFN3O3/c1-33-22-14-23(34-2)21(13-19(22)27)30-26(32)31-12-11-18-17-5-3-4-6-20(17)29-24(18)25(31)15-7-9-16(28)10-8-15/h3-10,13-14,25,29H,11-12H2,1-2H3,(H,30,32). The molecule has 8 heteroatoms. The van der Waals surface area contributed by atoms with Crippen LogP contribution in [0.5, 0.6) is 11.5 Å². The third-order valence-electron chi connectivity index (χ3n) is 6.20. The highest BCUT2D eigenvalue weighted by atomic mass is 35.5. The van der Waals surface area contributed by atoms with Crippen molar-refractivity contribution in [3.05, 3.63) is 88.3 Å². The number of carbonyl (C=O) groups is 1. The molecule has 1 aliphatic rings. The molecule has 2 N–H and O–H groups in total. The van der Waals surface area contributed by atoms with Gasteiger partial charge in [0.15, 0.2) is 0 Å². The van der Waals surface area contributed by atoms with Gasteiger partial charge in [-0.05, 0) is 41.8 Å². The minimum Gasteiger partial charge on any atom is -0.495 e. The number of methoxy groups -OCH3 is 2. The molecule has 2 heterocycles. The van der Waals surface area contributed by atoms with Crippen molar-refractivity contribution in [2.24, 2.45) is 0 Å². The van der Waals surface area contributed by atoms with E-state index in [-0.39, 0.29) is 11.8 Å². The first-order valence-electron chi connectivity index (χ1n) is 10.8. The molecule has 2 amide bonds. The number of hydrogen-bond acceptors (Lipinski definition) is 3. The summed E-state index contributed by atoms with van der Waals surface area (Å²) in [5.41, 5.74) is 4.33. The number of hydrogen-bond donors (Lipinski definition) is 2. The van der Waals surface area contributed by atoms with Crippen molar-refractivity contribution in [1.29, 1.82) is 0 Å². The predicted octanol–water partition coefficient (Wildman–Crippen LogP) is 6.16. The highest BCUT2D eigenvalue weighted by Crippen LogP contribution is 2.40. The monoisotopic (exact) mass is 479 g/mol. The van der Waals surface area contributed by atoms with Gasteiger partial charge in [0.25, 0.3) is 0 Å². The van der Waals surface area contributed by atoms with Crippen molar-refractivity contribution in [2.75, 3.05) is 26.1 Å². The van der Waals surface area contributed by atoms with Crippen LogP contribution in [0.15, 0.2) is 60.7 Å². The second kappa shape index (κ2) is 8.91. The topological polar surface area (TPSA) is 66.6 Å². The SMILES string of the molecule is COc1cc(OC)c(NC(=O)N2CCc3c([nH]c4ccccc34)C2c2ccc(F)cc2)cc1Cl. The fourth-order valence-corrected chi connectivity index (χ4v) is 4.84. The quantitative estimate of drug-likeness (QED) is 0.368. The molecule has 1 aliphatic heterocycles. The van der Waals surface area contributed by atoms with Crippen molar-refractivity contribution in [1.82, 2.24) is 9.88 Å². The summed E-state index contributed by atoms with van der Waals surface area (Å²) in [6, 6.07) is 16.8. The van der Waals surface area contributed by atoms with Crippen LogP contribution in [0.3, 0.4) is 0 Å². The van der Waals surface area contributed by atoms with Crippen molar-refractivity contribution >= 4 is 34.2 Å². The molecule has 34 heavy (non-hydrogen) atoms. The minimum absolute atomic E-state index is 0.321. The molecule has 0 saturated carbocycles. The minimum atomic E-state index is -0.420. The number of urea groups is 1. The van der Waals surface area contributed by atoms with Gasteiger partial charge >= 0.3 is 6.03 Å². The van der Waals surface area contributed by atoms with Crippen LogP contribution in [-0.4, -0.2) is 36.7 Å². The molecule has 1 unspecified atom stereocenters. The summed E-state index contributed by atoms with van der Waals surface area (Å²) in [5.74, 6) is 0.544. The molecule has 1 atom stereocenters. The lowest BCUT2D eigenvalue weighted by molar-refractivity contribution is 0.193. The van der Waals surface area contributed by atoms with E-state index in [0.29, 0.717) is 35.2 Å². The Kier molecular flexibility index (Phi) is 5.79. The van der Waals surface area contributed by atoms with Gasteiger partial charge in [0.2, 0.25) is 0 Å². The smallest absolute Gasteiger partial charge is 0.322 e. The van der Waals surface area contributed by atoms with E-state index in [9.17, 15) is 9.18 Å². The average molecular weight is 480 g/mol. The molecular formula is C26H23ClFN3O3. The molecule has 3 aromatic carbocycles. The summed E-state index contributed by atoms with van der Waals surface area (Å²) in [7, 11) is 3.02. The van der Waals surface area contributed by atoms with Crippen molar-refractivity contribution < 1.29 is 18.7 Å². The molecule has 1 aromatic heterocycles. The third kappa shape index (κ3) is 3.82. The maximum absolute atomic E-state index is 13.7. The molecule has 0 saturated heterocycles. The number of aromatic amines is 1. The Hall–Kier alpha value is -3.71. The Morgan fingerprint density at radius 3 is 2.56 bits per heavy atom. The van der Waals surface area contributed by atoms with E-state index in [4.69, 9.17) is 21.1 Å². The van der Waals surface area contributed by atoms with Gasteiger partial charge in [-0.25, -0.2) is 9.18 Å². The molecular weight excluding hydrogens is 457 g/mol. The van der Waals surface area contributed by atoms with Crippen LogP contribution < -0.4 is 14.8 Å². The highest BCUT2D eigenvalue weighted by molar-refractivity contribution is 6.32. The lowest BCUT2D eigenvalue weighted by Gasteiger charge is -2.36. The van der Waals surface area contributed by atoms with E-state index in [1.165, 1.54) is 31.9 Å². The largest absolute Gasteiger partial charge is 0.495 e. The lowest BCUT2D eigenvalue weighted by atomic mass is 9.92. The number of carbonyl (C=O) groups excluding carboxylic acids is 1. The third-order valence-corrected chi connectivity index (χ3v) is 6.49. The van der Waals surface area contributed by atoms with Crippen LogP contribution in [0.1, 0.15) is 22.9 Å². The summed E-state index contributed by atoms with van der Waals surface area (Å²) in [6.45, 7) is 0.481. The Morgan fingerprint density at radius 1 is 1.09 bits per heavy atom. The molecule has 0 fully saturated rings. The number of rotatable bonds is 4. The van der Waals surface area contributed by atoms with Crippen LogP contribution in [0, 0.1) is 5.82 Å². The Labute approximate surface area is 201 Å². The molecule has 5 rings (SSSR count). The zero-order valence-electron chi connectivity index (χ0n) is 18.7. The van der Waals surface area contributed by atoms with E-state index in [2.05, 4.69) is 16.4 Å². The number of fused-ring (bicyclic) bond motifs is 3. The number of anilines is 1. The number of benzene rings is 3. The van der Waals surface area contributed by atoms with Crippen LogP contribution >= 0.6 is 11.6 Å². The summed E-state index contributed by atoms with van der Waals surface area (Å²) in [6.07, 6.45) is 0.685. The maximum Gasteiger partial charge on any atom is 0.322 e. The zero-order chi connectivity index (χ0) is 23.8. The van der Waals surface area contributed by atoms with E-state index >= 15 is 0 Å². The number of para-hydroxylation sites is 1. The maximum atomic E-state index is 13.7. The van der Waals surface area contributed by atoms with Crippen LogP contribution in [0.25, 0.3) is 10.9 Å². The van der Waals surface area contributed by atoms with E-state index in [1.807, 2.05) is 18.2 Å². The van der Waals surface area contributed by atoms with Crippen LogP contribution in [0.2, 0.25) is 5.02 Å². The van der Waals surface area contributed by atoms with E-state index < -0.39 is 6.04 Å². The fraction of sp³-hybridized carbons (Fsp3) is 0.192. The highest BCUT2D eigenvalue weighted by Gasteiger charge is 2.35. The Morgan fingerprint density at radius 2 is 1.82 bits per heavy atom. The van der Waals surface area contributed by atoms with Crippen LogP contribution in [-0.2, 0) is 6.42 Å². The van der Waals surface area contributed by atoms with Gasteiger partial charge in [-0.15, -0.1) is 0 Å². The van der Waals surface area contributed by atoms with Gasteiger partial charge < -0.3 is 24.7 Å². The number of H-pyrrole nitrogens is 1. The fourth-order valence-electron chi connectivity index (χ4n) is 4.60. The van der Waals surface area contributed by atoms with Gasteiger partial charge in [-0.1, -0.05) is 41.9 Å². The number of halogens is 2. The molecule has 6 nitrogen and oxygen atoms in total. The van der Waals surface area contributed by atoms with E-state index in [0.717, 1.165) is 22.2 Å². The lowest BCUT2D eigenvalue weighted by Crippen LogP contribution is -2.43. The van der Waals surface area contributed by atoms with Crippen molar-refractivity contribution in [2.45, 2.75) is 12.5 Å². The first kappa shape index (κ1) is 22.1. The summed E-state index contributed by atoms with van der Waals surface area (Å²) >= 11 is 6.29. The second-order valence-corrected chi connectivity index (χ2v) is 8.48. The predicted molar refractivity (Wildman–Crippen MR) is 131 cm³/mol. The second-order valence-electron chi connectivity index (χ2n) is 8.08. The van der Waals surface area contributed by atoms with Gasteiger partial charge in [-0.2, -0.15) is 0 Å². The average Bonchev–Trinajstić information content (AvgIpc) is 3.23. The van der Waals surface area contributed by atoms with Gasteiger partial charge in [0, 0.05) is 29.2 Å². The Balaban J connectivity index is 1.56. The van der Waals surface area contributed by atoms with Gasteiger partial charge in [0.05, 0.1) is 31.0 Å². The number of aromatic nitrogens is 1.